The highest BCUT2D eigenvalue weighted by molar-refractivity contribution is 7.79. The largest absolute Gasteiger partial charge is 0.394 e. The Bertz CT molecular complexity index is 240. The van der Waals surface area contributed by atoms with Crippen molar-refractivity contribution in [3.63, 3.8) is 0 Å². The summed E-state index contributed by atoms with van der Waals surface area (Å²) in [5.41, 5.74) is 0. The van der Waals surface area contributed by atoms with Crippen molar-refractivity contribution in [2.24, 2.45) is 0 Å². The van der Waals surface area contributed by atoms with E-state index in [-0.39, 0.29) is 6.10 Å². The highest BCUT2D eigenvalue weighted by Gasteiger charge is 2.12. The molecule has 0 aliphatic carbocycles. The number of rotatable bonds is 0. The fourth-order valence-electron chi connectivity index (χ4n) is 0.679. The van der Waals surface area contributed by atoms with E-state index in [1.165, 1.54) is 0 Å². The van der Waals surface area contributed by atoms with Crippen molar-refractivity contribution in [3.05, 3.63) is 0 Å². The van der Waals surface area contributed by atoms with E-state index in [0.717, 1.165) is 19.4 Å². The van der Waals surface area contributed by atoms with Crippen LogP contribution in [-0.2, 0) is 15.1 Å². The van der Waals surface area contributed by atoms with Gasteiger partial charge in [-0.25, -0.2) is 0 Å². The summed E-state index contributed by atoms with van der Waals surface area (Å²) in [5, 5.41) is 8.19. The first-order chi connectivity index (χ1) is 5.43. The van der Waals surface area contributed by atoms with Crippen LogP contribution in [0.15, 0.2) is 0 Å². The van der Waals surface area contributed by atoms with E-state index in [2.05, 4.69) is 0 Å². The zero-order chi connectivity index (χ0) is 9.61. The van der Waals surface area contributed by atoms with Crippen LogP contribution in [0.2, 0.25) is 0 Å². The summed E-state index contributed by atoms with van der Waals surface area (Å²) >= 11 is 0. The molecule has 1 fully saturated rings. The Morgan fingerprint density at radius 2 is 2.00 bits per heavy atom. The van der Waals surface area contributed by atoms with Crippen molar-refractivity contribution in [3.8, 4) is 6.07 Å². The third kappa shape index (κ3) is 9.32. The van der Waals surface area contributed by atoms with Gasteiger partial charge in [0, 0.05) is 6.61 Å². The molecule has 1 saturated heterocycles. The van der Waals surface area contributed by atoms with Crippen molar-refractivity contribution in [1.82, 2.24) is 0 Å². The molecule has 0 aromatic carbocycles. The maximum atomic E-state index is 8.74. The van der Waals surface area contributed by atoms with Gasteiger partial charge in [0.15, 0.2) is 0 Å². The Morgan fingerprint density at radius 1 is 1.50 bits per heavy atom. The van der Waals surface area contributed by atoms with Gasteiger partial charge in [-0.15, -0.1) is 0 Å². The minimum Gasteiger partial charge on any atom is -0.363 e. The Hall–Kier alpha value is -0.680. The Kier molecular flexibility index (Phi) is 4.77. The van der Waals surface area contributed by atoms with Gasteiger partial charge in [0.05, 0.1) is 6.07 Å². The van der Waals surface area contributed by atoms with E-state index >= 15 is 0 Å². The average molecular weight is 195 g/mol. The van der Waals surface area contributed by atoms with E-state index in [4.69, 9.17) is 27.5 Å². The van der Waals surface area contributed by atoms with Gasteiger partial charge in [-0.3, -0.25) is 9.11 Å². The zero-order valence-corrected chi connectivity index (χ0v) is 6.99. The minimum absolute atomic E-state index is 0.0972. The van der Waals surface area contributed by atoms with Crippen LogP contribution in [0.25, 0.3) is 0 Å². The summed E-state index contributed by atoms with van der Waals surface area (Å²) < 4.78 is 36.5. The van der Waals surface area contributed by atoms with Crippen LogP contribution in [0.5, 0.6) is 0 Å². The molecule has 70 valence electrons. The van der Waals surface area contributed by atoms with Crippen LogP contribution in [0.3, 0.4) is 0 Å². The molecule has 1 unspecified atom stereocenters. The third-order valence-electron chi connectivity index (χ3n) is 1.07. The van der Waals surface area contributed by atoms with Crippen LogP contribution >= 0.6 is 0 Å². The molecule has 7 heteroatoms. The molecule has 0 amide bonds. The monoisotopic (exact) mass is 195 g/mol. The standard InChI is InChI=1S/C5H7NO.H2O4S/c6-4-5-2-1-3-7-5;1-5(2,3)4/h5H,1-3H2;(H2,1,2,3,4). The summed E-state index contributed by atoms with van der Waals surface area (Å²) in [7, 11) is -4.67. The topological polar surface area (TPSA) is 108 Å². The quantitative estimate of drug-likeness (QED) is 0.528. The zero-order valence-electron chi connectivity index (χ0n) is 6.17. The van der Waals surface area contributed by atoms with Crippen LogP contribution in [-0.4, -0.2) is 30.2 Å². The maximum absolute atomic E-state index is 8.74. The minimum atomic E-state index is -4.67. The summed E-state index contributed by atoms with van der Waals surface area (Å²) in [6, 6.07) is 2.04. The highest BCUT2D eigenvalue weighted by Crippen LogP contribution is 2.09. The SMILES string of the molecule is N#CC1CCCO1.O=S(=O)(O)O. The number of hydrogen-bond acceptors (Lipinski definition) is 4. The molecule has 1 atom stereocenters. The molecular weight excluding hydrogens is 186 g/mol. The van der Waals surface area contributed by atoms with E-state index in [9.17, 15) is 0 Å². The summed E-state index contributed by atoms with van der Waals surface area (Å²) in [6.07, 6.45) is 1.88. The average Bonchev–Trinajstić information content (AvgIpc) is 2.33. The molecule has 1 heterocycles. The van der Waals surface area contributed by atoms with Crippen LogP contribution in [0, 0.1) is 11.3 Å². The van der Waals surface area contributed by atoms with Gasteiger partial charge in [0.25, 0.3) is 0 Å². The fourth-order valence-corrected chi connectivity index (χ4v) is 0.679. The first-order valence-electron chi connectivity index (χ1n) is 3.14. The predicted molar refractivity (Wildman–Crippen MR) is 38.8 cm³/mol. The molecule has 0 aromatic heterocycles. The lowest BCUT2D eigenvalue weighted by Crippen LogP contribution is -1.98. The molecule has 1 aliphatic rings. The number of nitriles is 1. The lowest BCUT2D eigenvalue weighted by molar-refractivity contribution is 0.150. The lowest BCUT2D eigenvalue weighted by Gasteiger charge is -1.91. The normalized spacial score (nSPS) is 22.2. The van der Waals surface area contributed by atoms with Gasteiger partial charge in [-0.1, -0.05) is 0 Å². The summed E-state index contributed by atoms with van der Waals surface area (Å²) in [6.45, 7) is 0.776. The second-order valence-electron chi connectivity index (χ2n) is 2.08. The highest BCUT2D eigenvalue weighted by atomic mass is 32.3. The maximum Gasteiger partial charge on any atom is 0.394 e. The Labute approximate surface area is 70.3 Å². The van der Waals surface area contributed by atoms with Crippen molar-refractivity contribution in [2.45, 2.75) is 18.9 Å². The van der Waals surface area contributed by atoms with Gasteiger partial charge in [-0.05, 0) is 12.8 Å². The third-order valence-corrected chi connectivity index (χ3v) is 1.07. The second kappa shape index (κ2) is 5.05. The van der Waals surface area contributed by atoms with Crippen molar-refractivity contribution in [1.29, 1.82) is 5.26 Å². The molecule has 12 heavy (non-hydrogen) atoms. The molecule has 6 nitrogen and oxygen atoms in total. The van der Waals surface area contributed by atoms with Crippen molar-refractivity contribution < 1.29 is 22.3 Å². The fraction of sp³-hybridized carbons (Fsp3) is 0.800. The molecule has 2 N–H and O–H groups in total. The van der Waals surface area contributed by atoms with E-state index in [0.29, 0.717) is 0 Å². The molecule has 0 aromatic rings. The summed E-state index contributed by atoms with van der Waals surface area (Å²) in [4.78, 5) is 0. The molecule has 0 radical (unpaired) electrons. The predicted octanol–water partition coefficient (Wildman–Crippen LogP) is 0.0362. The van der Waals surface area contributed by atoms with E-state index in [1.54, 1.807) is 0 Å². The number of nitrogens with zero attached hydrogens (tertiary/aromatic N) is 1. The number of ether oxygens (including phenoxy) is 1. The molecular formula is C5H9NO5S. The van der Waals surface area contributed by atoms with E-state index < -0.39 is 10.4 Å². The van der Waals surface area contributed by atoms with E-state index in [1.807, 2.05) is 6.07 Å². The van der Waals surface area contributed by atoms with Crippen LogP contribution in [0.1, 0.15) is 12.8 Å². The van der Waals surface area contributed by atoms with Gasteiger partial charge in [-0.2, -0.15) is 13.7 Å². The van der Waals surface area contributed by atoms with Crippen LogP contribution < -0.4 is 0 Å². The van der Waals surface area contributed by atoms with Gasteiger partial charge in [0.1, 0.15) is 6.10 Å². The van der Waals surface area contributed by atoms with Gasteiger partial charge < -0.3 is 4.74 Å². The summed E-state index contributed by atoms with van der Waals surface area (Å²) in [5.74, 6) is 0. The van der Waals surface area contributed by atoms with Crippen LogP contribution in [0.4, 0.5) is 0 Å². The lowest BCUT2D eigenvalue weighted by atomic mass is 10.3. The second-order valence-corrected chi connectivity index (χ2v) is 2.97. The molecule has 1 rings (SSSR count). The van der Waals surface area contributed by atoms with Crippen molar-refractivity contribution >= 4 is 10.4 Å². The number of hydrogen-bond donors (Lipinski definition) is 2. The Morgan fingerprint density at radius 3 is 2.17 bits per heavy atom. The molecule has 0 saturated carbocycles. The first kappa shape index (κ1) is 11.3. The van der Waals surface area contributed by atoms with Gasteiger partial charge in [0.2, 0.25) is 0 Å². The first-order valence-corrected chi connectivity index (χ1v) is 4.54. The molecule has 1 aliphatic heterocycles. The molecule has 0 bridgehead atoms. The smallest absolute Gasteiger partial charge is 0.363 e. The van der Waals surface area contributed by atoms with Gasteiger partial charge >= 0.3 is 10.4 Å². The molecule has 0 spiro atoms. The Balaban J connectivity index is 0.000000217. The van der Waals surface area contributed by atoms with Crippen molar-refractivity contribution in [2.75, 3.05) is 6.61 Å².